The van der Waals surface area contributed by atoms with Crippen molar-refractivity contribution < 1.29 is 9.53 Å². The Morgan fingerprint density at radius 1 is 1.16 bits per heavy atom. The Morgan fingerprint density at radius 3 is 2.40 bits per heavy atom. The first-order valence-corrected chi connectivity index (χ1v) is 8.52. The Labute approximate surface area is 147 Å². The van der Waals surface area contributed by atoms with Crippen LogP contribution in [0, 0.1) is 11.8 Å². The van der Waals surface area contributed by atoms with Gasteiger partial charge in [-0.15, -0.1) is 0 Å². The lowest BCUT2D eigenvalue weighted by Gasteiger charge is -2.34. The smallest absolute Gasteiger partial charge is 0.278 e. The largest absolute Gasteiger partial charge is 0.494 e. The molecule has 0 unspecified atom stereocenters. The third-order valence-electron chi connectivity index (χ3n) is 4.48. The predicted molar refractivity (Wildman–Crippen MR) is 95.2 cm³/mol. The zero-order chi connectivity index (χ0) is 18.0. The number of ether oxygens (including phenoxy) is 1. The molecule has 0 saturated carbocycles. The minimum absolute atomic E-state index is 0.173. The highest BCUT2D eigenvalue weighted by Crippen LogP contribution is 2.24. The van der Waals surface area contributed by atoms with Crippen LogP contribution in [0.1, 0.15) is 30.8 Å². The number of hydrogen-bond acceptors (Lipinski definition) is 4. The molecular formula is C19H23N3O3. The zero-order valence-corrected chi connectivity index (χ0v) is 14.8. The van der Waals surface area contributed by atoms with Crippen LogP contribution in [0.5, 0.6) is 5.75 Å². The van der Waals surface area contributed by atoms with Crippen LogP contribution in [0.25, 0.3) is 5.69 Å². The van der Waals surface area contributed by atoms with E-state index in [1.165, 1.54) is 17.9 Å². The summed E-state index contributed by atoms with van der Waals surface area (Å²) in [4.78, 5) is 27.2. The average molecular weight is 341 g/mol. The Hall–Kier alpha value is -2.63. The highest BCUT2D eigenvalue weighted by Gasteiger charge is 2.29. The number of piperidine rings is 1. The van der Waals surface area contributed by atoms with Gasteiger partial charge in [0.25, 0.3) is 11.5 Å². The molecule has 1 saturated heterocycles. The first-order valence-electron chi connectivity index (χ1n) is 8.52. The van der Waals surface area contributed by atoms with Gasteiger partial charge in [0, 0.05) is 13.1 Å². The van der Waals surface area contributed by atoms with Gasteiger partial charge in [-0.1, -0.05) is 32.0 Å². The summed E-state index contributed by atoms with van der Waals surface area (Å²) in [5.74, 6) is 0.908. The van der Waals surface area contributed by atoms with Gasteiger partial charge >= 0.3 is 0 Å². The molecule has 6 nitrogen and oxygen atoms in total. The Bertz CT molecular complexity index is 806. The van der Waals surface area contributed by atoms with Crippen molar-refractivity contribution in [3.05, 3.63) is 52.4 Å². The van der Waals surface area contributed by atoms with E-state index in [2.05, 4.69) is 18.9 Å². The molecule has 3 rings (SSSR count). The van der Waals surface area contributed by atoms with Crippen LogP contribution in [-0.4, -0.2) is 40.8 Å². The van der Waals surface area contributed by atoms with E-state index in [0.717, 1.165) is 6.42 Å². The van der Waals surface area contributed by atoms with E-state index in [4.69, 9.17) is 4.74 Å². The first-order chi connectivity index (χ1) is 12.0. The fourth-order valence-electron chi connectivity index (χ4n) is 3.48. The number of nitrogens with zero attached hydrogens (tertiary/aromatic N) is 3. The molecule has 2 aromatic rings. The second-order valence-electron chi connectivity index (χ2n) is 6.80. The number of amides is 1. The first kappa shape index (κ1) is 17.2. The van der Waals surface area contributed by atoms with E-state index >= 15 is 0 Å². The molecule has 0 bridgehead atoms. The second-order valence-corrected chi connectivity index (χ2v) is 6.80. The van der Waals surface area contributed by atoms with E-state index in [9.17, 15) is 9.59 Å². The summed E-state index contributed by atoms with van der Waals surface area (Å²) in [5, 5.41) is 4.33. The van der Waals surface area contributed by atoms with Crippen molar-refractivity contribution in [1.82, 2.24) is 14.7 Å². The van der Waals surface area contributed by atoms with Gasteiger partial charge < -0.3 is 9.64 Å². The molecule has 132 valence electrons. The molecule has 1 aromatic heterocycles. The van der Waals surface area contributed by atoms with Crippen LogP contribution in [0.2, 0.25) is 0 Å². The molecule has 1 amide bonds. The van der Waals surface area contributed by atoms with Gasteiger partial charge in [-0.3, -0.25) is 9.59 Å². The molecule has 1 aromatic carbocycles. The van der Waals surface area contributed by atoms with Gasteiger partial charge in [-0.05, 0) is 30.4 Å². The number of carbonyl (C=O) groups is 1. The molecule has 0 aliphatic carbocycles. The molecule has 0 spiro atoms. The highest BCUT2D eigenvalue weighted by atomic mass is 16.5. The van der Waals surface area contributed by atoms with Crippen molar-refractivity contribution in [3.63, 3.8) is 0 Å². The van der Waals surface area contributed by atoms with Crippen LogP contribution < -0.4 is 10.3 Å². The Morgan fingerprint density at radius 2 is 1.80 bits per heavy atom. The fraction of sp³-hybridized carbons (Fsp3) is 0.421. The molecule has 0 radical (unpaired) electrons. The normalized spacial score (nSPS) is 20.4. The van der Waals surface area contributed by atoms with Gasteiger partial charge in [0.05, 0.1) is 18.9 Å². The highest BCUT2D eigenvalue weighted by molar-refractivity contribution is 5.94. The standard InChI is InChI=1S/C19H23N3O3/c1-13-9-14(2)12-21(11-13)19(24)18-16(25-3)10-17(23)22(20-18)15-7-5-4-6-8-15/h4-8,10,13-14H,9,11-12H2,1-3H3/t13-,14+. The summed E-state index contributed by atoms with van der Waals surface area (Å²) in [6.45, 7) is 5.67. The minimum Gasteiger partial charge on any atom is -0.494 e. The average Bonchev–Trinajstić information content (AvgIpc) is 2.60. The topological polar surface area (TPSA) is 64.4 Å². The lowest BCUT2D eigenvalue weighted by Crippen LogP contribution is -2.43. The van der Waals surface area contributed by atoms with Crippen molar-refractivity contribution >= 4 is 5.91 Å². The Balaban J connectivity index is 2.02. The maximum atomic E-state index is 13.0. The Kier molecular flexibility index (Phi) is 4.88. The fourth-order valence-corrected chi connectivity index (χ4v) is 3.48. The molecule has 0 N–H and O–H groups in total. The van der Waals surface area contributed by atoms with Crippen molar-refractivity contribution in [2.45, 2.75) is 20.3 Å². The summed E-state index contributed by atoms with van der Waals surface area (Å²) < 4.78 is 6.50. The molecule has 1 aliphatic rings. The molecule has 1 aliphatic heterocycles. The van der Waals surface area contributed by atoms with Crippen LogP contribution in [0.4, 0.5) is 0 Å². The number of aromatic nitrogens is 2. The minimum atomic E-state index is -0.333. The van der Waals surface area contributed by atoms with Crippen molar-refractivity contribution in [1.29, 1.82) is 0 Å². The number of rotatable bonds is 3. The summed E-state index contributed by atoms with van der Waals surface area (Å²) in [7, 11) is 1.45. The number of carbonyl (C=O) groups excluding carboxylic acids is 1. The van der Waals surface area contributed by atoms with Crippen LogP contribution in [-0.2, 0) is 0 Å². The molecule has 2 heterocycles. The molecule has 1 fully saturated rings. The molecule has 25 heavy (non-hydrogen) atoms. The zero-order valence-electron chi connectivity index (χ0n) is 14.8. The third-order valence-corrected chi connectivity index (χ3v) is 4.48. The number of benzene rings is 1. The summed E-state index contributed by atoms with van der Waals surface area (Å²) in [6, 6.07) is 10.4. The third kappa shape index (κ3) is 3.57. The van der Waals surface area contributed by atoms with Gasteiger partial charge in [-0.25, -0.2) is 0 Å². The number of likely N-dealkylation sites (tertiary alicyclic amines) is 1. The summed E-state index contributed by atoms with van der Waals surface area (Å²) in [6.07, 6.45) is 1.11. The maximum absolute atomic E-state index is 13.0. The van der Waals surface area contributed by atoms with E-state index < -0.39 is 0 Å². The number of para-hydroxylation sites is 1. The van der Waals surface area contributed by atoms with E-state index in [1.54, 1.807) is 12.1 Å². The number of hydrogen-bond donors (Lipinski definition) is 0. The van der Waals surface area contributed by atoms with Gasteiger partial charge in [-0.2, -0.15) is 9.78 Å². The summed E-state index contributed by atoms with van der Waals surface area (Å²) in [5.41, 5.74) is 0.455. The molecule has 2 atom stereocenters. The van der Waals surface area contributed by atoms with Crippen molar-refractivity contribution in [2.24, 2.45) is 11.8 Å². The lowest BCUT2D eigenvalue weighted by molar-refractivity contribution is 0.0611. The van der Waals surface area contributed by atoms with Gasteiger partial charge in [0.15, 0.2) is 11.4 Å². The number of methoxy groups -OCH3 is 1. The quantitative estimate of drug-likeness (QED) is 0.860. The molecule has 6 heteroatoms. The van der Waals surface area contributed by atoms with Crippen LogP contribution >= 0.6 is 0 Å². The van der Waals surface area contributed by atoms with Gasteiger partial charge in [0.1, 0.15) is 0 Å². The van der Waals surface area contributed by atoms with E-state index in [1.807, 2.05) is 23.1 Å². The SMILES string of the molecule is COc1cc(=O)n(-c2ccccc2)nc1C(=O)N1C[C@H](C)C[C@H](C)C1. The van der Waals surface area contributed by atoms with Crippen molar-refractivity contribution in [3.8, 4) is 11.4 Å². The van der Waals surface area contributed by atoms with Crippen LogP contribution in [0.3, 0.4) is 0 Å². The second kappa shape index (κ2) is 7.09. The monoisotopic (exact) mass is 341 g/mol. The van der Waals surface area contributed by atoms with Gasteiger partial charge in [0.2, 0.25) is 0 Å². The van der Waals surface area contributed by atoms with E-state index in [0.29, 0.717) is 30.6 Å². The van der Waals surface area contributed by atoms with Crippen LogP contribution in [0.15, 0.2) is 41.2 Å². The summed E-state index contributed by atoms with van der Waals surface area (Å²) >= 11 is 0. The van der Waals surface area contributed by atoms with Crippen molar-refractivity contribution in [2.75, 3.05) is 20.2 Å². The predicted octanol–water partition coefficient (Wildman–Crippen LogP) is 2.36. The lowest BCUT2D eigenvalue weighted by atomic mass is 9.92. The maximum Gasteiger partial charge on any atom is 0.278 e. The van der Waals surface area contributed by atoms with E-state index in [-0.39, 0.29) is 22.9 Å². The molecular weight excluding hydrogens is 318 g/mol.